The molecule has 0 spiro atoms. The van der Waals surface area contributed by atoms with Gasteiger partial charge in [0.05, 0.1) is 0 Å². The number of rotatable bonds is 3. The Hall–Kier alpha value is -1.38. The fourth-order valence-corrected chi connectivity index (χ4v) is 1.78. The summed E-state index contributed by atoms with van der Waals surface area (Å²) in [5.41, 5.74) is 7.35. The van der Waals surface area contributed by atoms with Crippen LogP contribution in [0.3, 0.4) is 0 Å². The molecular weight excluding hydrogens is 257 g/mol. The van der Waals surface area contributed by atoms with Crippen LogP contribution in [0.5, 0.6) is 5.75 Å². The van der Waals surface area contributed by atoms with Crippen LogP contribution < -0.4 is 10.5 Å². The first kappa shape index (κ1) is 12.1. The van der Waals surface area contributed by atoms with Gasteiger partial charge in [0.1, 0.15) is 12.4 Å². The molecule has 2 nitrogen and oxygen atoms in total. The molecular formula is C13H11Cl2NO. The molecule has 0 unspecified atom stereocenters. The van der Waals surface area contributed by atoms with E-state index in [0.29, 0.717) is 28.1 Å². The molecule has 2 rings (SSSR count). The van der Waals surface area contributed by atoms with Gasteiger partial charge in [-0.1, -0.05) is 35.3 Å². The second kappa shape index (κ2) is 5.30. The van der Waals surface area contributed by atoms with Gasteiger partial charge in [0.15, 0.2) is 0 Å². The number of anilines is 1. The lowest BCUT2D eigenvalue weighted by molar-refractivity contribution is 0.307. The lowest BCUT2D eigenvalue weighted by Crippen LogP contribution is -2.00. The summed E-state index contributed by atoms with van der Waals surface area (Å²) >= 11 is 11.7. The zero-order valence-corrected chi connectivity index (χ0v) is 10.5. The van der Waals surface area contributed by atoms with Crippen molar-refractivity contribution in [3.63, 3.8) is 0 Å². The molecule has 2 aromatic carbocycles. The number of halogens is 2. The van der Waals surface area contributed by atoms with Gasteiger partial charge in [0.2, 0.25) is 0 Å². The molecule has 0 aliphatic rings. The van der Waals surface area contributed by atoms with E-state index in [1.54, 1.807) is 24.3 Å². The standard InChI is InChI=1S/C13H11Cl2NO/c14-10-2-1-3-12(6-10)17-8-9-4-5-11(15)7-13(9)16/h1-7H,8,16H2. The van der Waals surface area contributed by atoms with Crippen molar-refractivity contribution in [3.05, 3.63) is 58.1 Å². The first-order valence-corrected chi connectivity index (χ1v) is 5.83. The van der Waals surface area contributed by atoms with Gasteiger partial charge < -0.3 is 10.5 Å². The lowest BCUT2D eigenvalue weighted by atomic mass is 10.2. The van der Waals surface area contributed by atoms with E-state index in [4.69, 9.17) is 33.7 Å². The van der Waals surface area contributed by atoms with Crippen LogP contribution in [0.15, 0.2) is 42.5 Å². The van der Waals surface area contributed by atoms with Crippen LogP contribution in [0.2, 0.25) is 10.0 Å². The van der Waals surface area contributed by atoms with Crippen molar-refractivity contribution < 1.29 is 4.74 Å². The molecule has 88 valence electrons. The van der Waals surface area contributed by atoms with E-state index in [1.807, 2.05) is 18.2 Å². The first-order chi connectivity index (χ1) is 8.15. The van der Waals surface area contributed by atoms with E-state index in [-0.39, 0.29) is 0 Å². The fraction of sp³-hybridized carbons (Fsp3) is 0.0769. The van der Waals surface area contributed by atoms with Crippen LogP contribution in [-0.4, -0.2) is 0 Å². The maximum absolute atomic E-state index is 5.86. The van der Waals surface area contributed by atoms with E-state index in [9.17, 15) is 0 Å². The number of ether oxygens (including phenoxy) is 1. The van der Waals surface area contributed by atoms with Crippen molar-refractivity contribution in [2.24, 2.45) is 0 Å². The zero-order chi connectivity index (χ0) is 12.3. The minimum atomic E-state index is 0.392. The molecule has 0 aliphatic heterocycles. The molecule has 0 saturated carbocycles. The van der Waals surface area contributed by atoms with Crippen LogP contribution in [-0.2, 0) is 6.61 Å². The summed E-state index contributed by atoms with van der Waals surface area (Å²) in [6, 6.07) is 12.6. The average Bonchev–Trinajstić information content (AvgIpc) is 2.28. The summed E-state index contributed by atoms with van der Waals surface area (Å²) in [7, 11) is 0. The first-order valence-electron chi connectivity index (χ1n) is 5.07. The van der Waals surface area contributed by atoms with Gasteiger partial charge in [-0.2, -0.15) is 0 Å². The molecule has 0 amide bonds. The monoisotopic (exact) mass is 267 g/mol. The Morgan fingerprint density at radius 2 is 1.76 bits per heavy atom. The number of nitrogens with two attached hydrogens (primary N) is 1. The second-order valence-corrected chi connectivity index (χ2v) is 4.46. The maximum atomic E-state index is 5.86. The molecule has 0 aliphatic carbocycles. The van der Waals surface area contributed by atoms with Gasteiger partial charge >= 0.3 is 0 Å². The highest BCUT2D eigenvalue weighted by Gasteiger charge is 2.01. The van der Waals surface area contributed by atoms with E-state index < -0.39 is 0 Å². The lowest BCUT2D eigenvalue weighted by Gasteiger charge is -2.09. The Balaban J connectivity index is 2.07. The summed E-state index contributed by atoms with van der Waals surface area (Å²) in [6.45, 7) is 0.392. The largest absolute Gasteiger partial charge is 0.489 e. The molecule has 17 heavy (non-hydrogen) atoms. The third-order valence-corrected chi connectivity index (χ3v) is 2.77. The van der Waals surface area contributed by atoms with Gasteiger partial charge in [-0.25, -0.2) is 0 Å². The molecule has 0 fully saturated rings. The van der Waals surface area contributed by atoms with Crippen LogP contribution in [0, 0.1) is 0 Å². The quantitative estimate of drug-likeness (QED) is 0.848. The number of hydrogen-bond donors (Lipinski definition) is 1. The van der Waals surface area contributed by atoms with Crippen molar-refractivity contribution >= 4 is 28.9 Å². The predicted octanol–water partition coefficient (Wildman–Crippen LogP) is 4.15. The minimum Gasteiger partial charge on any atom is -0.489 e. The summed E-state index contributed by atoms with van der Waals surface area (Å²) < 4.78 is 5.59. The highest BCUT2D eigenvalue weighted by molar-refractivity contribution is 6.31. The number of benzene rings is 2. The zero-order valence-electron chi connectivity index (χ0n) is 8.99. The number of nitrogen functional groups attached to an aromatic ring is 1. The fourth-order valence-electron chi connectivity index (χ4n) is 1.42. The molecule has 0 saturated heterocycles. The number of hydrogen-bond acceptors (Lipinski definition) is 2. The Bertz CT molecular complexity index is 529. The molecule has 4 heteroatoms. The minimum absolute atomic E-state index is 0.392. The van der Waals surface area contributed by atoms with E-state index in [2.05, 4.69) is 0 Å². The third-order valence-electron chi connectivity index (χ3n) is 2.30. The van der Waals surface area contributed by atoms with E-state index in [1.165, 1.54) is 0 Å². The Morgan fingerprint density at radius 3 is 2.47 bits per heavy atom. The highest BCUT2D eigenvalue weighted by Crippen LogP contribution is 2.22. The van der Waals surface area contributed by atoms with Crippen molar-refractivity contribution in [1.29, 1.82) is 0 Å². The predicted molar refractivity (Wildman–Crippen MR) is 71.6 cm³/mol. The van der Waals surface area contributed by atoms with Crippen LogP contribution in [0.1, 0.15) is 5.56 Å². The Morgan fingerprint density at radius 1 is 1.00 bits per heavy atom. The summed E-state index contributed by atoms with van der Waals surface area (Å²) in [6.07, 6.45) is 0. The summed E-state index contributed by atoms with van der Waals surface area (Å²) in [5.74, 6) is 0.715. The van der Waals surface area contributed by atoms with Gasteiger partial charge in [-0.05, 0) is 30.3 Å². The van der Waals surface area contributed by atoms with Gasteiger partial charge in [0.25, 0.3) is 0 Å². The second-order valence-electron chi connectivity index (χ2n) is 3.59. The van der Waals surface area contributed by atoms with Crippen molar-refractivity contribution in [3.8, 4) is 5.75 Å². The van der Waals surface area contributed by atoms with Crippen LogP contribution in [0.25, 0.3) is 0 Å². The molecule has 0 aromatic heterocycles. The molecule has 2 N–H and O–H groups in total. The molecule has 0 bridgehead atoms. The summed E-state index contributed by atoms with van der Waals surface area (Å²) in [4.78, 5) is 0. The SMILES string of the molecule is Nc1cc(Cl)ccc1COc1cccc(Cl)c1. The van der Waals surface area contributed by atoms with Gasteiger partial charge in [-0.15, -0.1) is 0 Å². The third kappa shape index (κ3) is 3.29. The highest BCUT2D eigenvalue weighted by atomic mass is 35.5. The topological polar surface area (TPSA) is 35.2 Å². The molecule has 0 heterocycles. The van der Waals surface area contributed by atoms with E-state index >= 15 is 0 Å². The van der Waals surface area contributed by atoms with Crippen molar-refractivity contribution in [2.75, 3.05) is 5.73 Å². The van der Waals surface area contributed by atoms with Gasteiger partial charge in [-0.3, -0.25) is 0 Å². The Kier molecular flexibility index (Phi) is 3.77. The Labute approximate surface area is 110 Å². The average molecular weight is 268 g/mol. The normalized spacial score (nSPS) is 10.2. The summed E-state index contributed by atoms with van der Waals surface area (Å²) in [5, 5.41) is 1.26. The van der Waals surface area contributed by atoms with Crippen LogP contribution in [0.4, 0.5) is 5.69 Å². The van der Waals surface area contributed by atoms with E-state index in [0.717, 1.165) is 5.56 Å². The van der Waals surface area contributed by atoms with Crippen molar-refractivity contribution in [1.82, 2.24) is 0 Å². The van der Waals surface area contributed by atoms with Crippen molar-refractivity contribution in [2.45, 2.75) is 6.61 Å². The molecule has 0 atom stereocenters. The maximum Gasteiger partial charge on any atom is 0.121 e. The molecule has 0 radical (unpaired) electrons. The van der Waals surface area contributed by atoms with Gasteiger partial charge in [0, 0.05) is 21.3 Å². The smallest absolute Gasteiger partial charge is 0.121 e. The molecule has 2 aromatic rings. The van der Waals surface area contributed by atoms with Crippen LogP contribution >= 0.6 is 23.2 Å².